The van der Waals surface area contributed by atoms with E-state index in [-0.39, 0.29) is 12.1 Å². The summed E-state index contributed by atoms with van der Waals surface area (Å²) in [6, 6.07) is 3.47. The van der Waals surface area contributed by atoms with Crippen LogP contribution in [0.25, 0.3) is 0 Å². The van der Waals surface area contributed by atoms with Crippen molar-refractivity contribution in [3.8, 4) is 0 Å². The van der Waals surface area contributed by atoms with Crippen LogP contribution >= 0.6 is 0 Å². The van der Waals surface area contributed by atoms with Gasteiger partial charge in [0, 0.05) is 12.6 Å². The fourth-order valence-corrected chi connectivity index (χ4v) is 1.99. The average molecular weight is 209 g/mol. The van der Waals surface area contributed by atoms with E-state index >= 15 is 0 Å². The molecule has 82 valence electrons. The highest BCUT2D eigenvalue weighted by Crippen LogP contribution is 2.26. The number of nitrogens with zero attached hydrogens (tertiary/aromatic N) is 1. The first-order valence-corrected chi connectivity index (χ1v) is 5.22. The van der Waals surface area contributed by atoms with Gasteiger partial charge in [-0.05, 0) is 25.8 Å². The van der Waals surface area contributed by atoms with Crippen molar-refractivity contribution in [1.82, 2.24) is 0 Å². The summed E-state index contributed by atoms with van der Waals surface area (Å²) >= 11 is 0. The van der Waals surface area contributed by atoms with Crippen molar-refractivity contribution < 1.29 is 14.3 Å². The summed E-state index contributed by atoms with van der Waals surface area (Å²) in [5.74, 6) is 1.00. The number of aliphatic hydroxyl groups is 1. The summed E-state index contributed by atoms with van der Waals surface area (Å²) in [6.45, 7) is 2.83. The van der Waals surface area contributed by atoms with Crippen molar-refractivity contribution in [2.75, 3.05) is 11.4 Å². The first-order valence-electron chi connectivity index (χ1n) is 5.22. The van der Waals surface area contributed by atoms with Gasteiger partial charge in [0.05, 0.1) is 12.1 Å². The molecule has 2 atom stereocenters. The summed E-state index contributed by atoms with van der Waals surface area (Å²) in [4.78, 5) is 12.5. The lowest BCUT2D eigenvalue weighted by Gasteiger charge is -2.36. The Kier molecular flexibility index (Phi) is 2.77. The zero-order valence-corrected chi connectivity index (χ0v) is 8.72. The maximum atomic E-state index is 10.5. The smallest absolute Gasteiger partial charge is 0.196 e. The van der Waals surface area contributed by atoms with Crippen molar-refractivity contribution in [1.29, 1.82) is 0 Å². The number of aliphatic hydroxyl groups excluding tert-OH is 1. The lowest BCUT2D eigenvalue weighted by atomic mass is 10.0. The van der Waals surface area contributed by atoms with Crippen molar-refractivity contribution in [2.45, 2.75) is 31.9 Å². The number of hydrogen-bond acceptors (Lipinski definition) is 4. The Labute approximate surface area is 88.5 Å². The molecule has 2 unspecified atom stereocenters. The van der Waals surface area contributed by atoms with Crippen LogP contribution in [0.5, 0.6) is 0 Å². The van der Waals surface area contributed by atoms with Gasteiger partial charge < -0.3 is 14.4 Å². The molecule has 1 aliphatic rings. The molecule has 15 heavy (non-hydrogen) atoms. The van der Waals surface area contributed by atoms with Crippen molar-refractivity contribution in [3.63, 3.8) is 0 Å². The van der Waals surface area contributed by atoms with E-state index in [4.69, 9.17) is 4.42 Å². The minimum Gasteiger partial charge on any atom is -0.438 e. The molecule has 2 heterocycles. The quantitative estimate of drug-likeness (QED) is 0.749. The van der Waals surface area contributed by atoms with Gasteiger partial charge in [0.15, 0.2) is 17.9 Å². The van der Waals surface area contributed by atoms with Gasteiger partial charge in [-0.3, -0.25) is 4.79 Å². The van der Waals surface area contributed by atoms with Gasteiger partial charge in [-0.1, -0.05) is 0 Å². The molecule has 0 spiro atoms. The Morgan fingerprint density at radius 1 is 1.60 bits per heavy atom. The molecule has 1 saturated heterocycles. The average Bonchev–Trinajstić information content (AvgIpc) is 2.70. The van der Waals surface area contributed by atoms with E-state index in [1.165, 1.54) is 0 Å². The third-order valence-electron chi connectivity index (χ3n) is 2.96. The second-order valence-electron chi connectivity index (χ2n) is 3.94. The molecule has 1 fully saturated rings. The molecule has 0 aliphatic carbocycles. The number of furan rings is 1. The van der Waals surface area contributed by atoms with Gasteiger partial charge in [-0.15, -0.1) is 0 Å². The van der Waals surface area contributed by atoms with Crippen molar-refractivity contribution in [3.05, 3.63) is 17.9 Å². The summed E-state index contributed by atoms with van der Waals surface area (Å²) in [7, 11) is 0. The van der Waals surface area contributed by atoms with Crippen LogP contribution in [0.15, 0.2) is 16.5 Å². The molecule has 1 N–H and O–H groups in total. The number of anilines is 1. The number of piperidine rings is 1. The fraction of sp³-hybridized carbons (Fsp3) is 0.545. The second-order valence-corrected chi connectivity index (χ2v) is 3.94. The van der Waals surface area contributed by atoms with Gasteiger partial charge in [0.25, 0.3) is 0 Å². The highest BCUT2D eigenvalue weighted by molar-refractivity contribution is 5.71. The molecule has 4 nitrogen and oxygen atoms in total. The predicted molar refractivity (Wildman–Crippen MR) is 56.1 cm³/mol. The number of rotatable bonds is 2. The van der Waals surface area contributed by atoms with E-state index in [0.29, 0.717) is 17.9 Å². The highest BCUT2D eigenvalue weighted by atomic mass is 16.4. The number of carbonyl (C=O) groups excluding carboxylic acids is 1. The molecule has 1 aliphatic heterocycles. The monoisotopic (exact) mass is 209 g/mol. The van der Waals surface area contributed by atoms with Crippen molar-refractivity contribution in [2.24, 2.45) is 0 Å². The molecule has 0 radical (unpaired) electrons. The Morgan fingerprint density at radius 3 is 3.07 bits per heavy atom. The summed E-state index contributed by atoms with van der Waals surface area (Å²) in [5, 5.41) is 9.72. The third-order valence-corrected chi connectivity index (χ3v) is 2.96. The van der Waals surface area contributed by atoms with E-state index in [9.17, 15) is 9.90 Å². The number of hydrogen-bond donors (Lipinski definition) is 1. The van der Waals surface area contributed by atoms with Crippen LogP contribution in [0.2, 0.25) is 0 Å². The highest BCUT2D eigenvalue weighted by Gasteiger charge is 2.27. The van der Waals surface area contributed by atoms with Crippen LogP contribution in [0.3, 0.4) is 0 Å². The Bertz CT molecular complexity index is 347. The lowest BCUT2D eigenvalue weighted by Crippen LogP contribution is -2.46. The number of carbonyl (C=O) groups is 1. The van der Waals surface area contributed by atoms with Crippen LogP contribution in [0, 0.1) is 0 Å². The maximum absolute atomic E-state index is 10.5. The van der Waals surface area contributed by atoms with Crippen LogP contribution in [-0.4, -0.2) is 30.1 Å². The SMILES string of the molecule is CC1C(O)CCCN1c1ccc(C=O)o1. The molecule has 1 aromatic rings. The normalized spacial score (nSPS) is 26.7. The largest absolute Gasteiger partial charge is 0.438 e. The van der Waals surface area contributed by atoms with Gasteiger partial charge in [0.1, 0.15) is 0 Å². The number of aldehydes is 1. The molecule has 0 bridgehead atoms. The molecule has 1 aromatic heterocycles. The zero-order valence-electron chi connectivity index (χ0n) is 8.72. The Morgan fingerprint density at radius 2 is 2.40 bits per heavy atom. The third kappa shape index (κ3) is 1.90. The van der Waals surface area contributed by atoms with E-state index < -0.39 is 0 Å². The van der Waals surface area contributed by atoms with E-state index in [1.807, 2.05) is 11.8 Å². The van der Waals surface area contributed by atoms with Crippen LogP contribution < -0.4 is 4.90 Å². The summed E-state index contributed by atoms with van der Waals surface area (Å²) in [6.07, 6.45) is 2.15. The topological polar surface area (TPSA) is 53.7 Å². The molecular formula is C11H15NO3. The minimum absolute atomic E-state index is 0.0457. The standard InChI is InChI=1S/C11H15NO3/c1-8-10(14)3-2-6-12(8)11-5-4-9(7-13)15-11/h4-5,7-8,10,14H,2-3,6H2,1H3. The zero-order chi connectivity index (χ0) is 10.8. The van der Waals surface area contributed by atoms with Gasteiger partial charge in [0.2, 0.25) is 0 Å². The molecule has 0 amide bonds. The second kappa shape index (κ2) is 4.06. The predicted octanol–water partition coefficient (Wildman–Crippen LogP) is 1.44. The molecule has 0 saturated carbocycles. The first-order chi connectivity index (χ1) is 7.22. The molecular weight excluding hydrogens is 194 g/mol. The van der Waals surface area contributed by atoms with E-state index in [0.717, 1.165) is 19.4 Å². The fourth-order valence-electron chi connectivity index (χ4n) is 1.99. The van der Waals surface area contributed by atoms with Gasteiger partial charge >= 0.3 is 0 Å². The van der Waals surface area contributed by atoms with Crippen LogP contribution in [-0.2, 0) is 0 Å². The van der Waals surface area contributed by atoms with E-state index in [2.05, 4.69) is 0 Å². The van der Waals surface area contributed by atoms with Crippen LogP contribution in [0.1, 0.15) is 30.3 Å². The first kappa shape index (κ1) is 10.2. The maximum Gasteiger partial charge on any atom is 0.196 e. The molecule has 0 aromatic carbocycles. The Hall–Kier alpha value is -1.29. The van der Waals surface area contributed by atoms with Gasteiger partial charge in [-0.25, -0.2) is 0 Å². The summed E-state index contributed by atoms with van der Waals surface area (Å²) < 4.78 is 5.34. The van der Waals surface area contributed by atoms with Crippen LogP contribution in [0.4, 0.5) is 5.88 Å². The van der Waals surface area contributed by atoms with Gasteiger partial charge in [-0.2, -0.15) is 0 Å². The lowest BCUT2D eigenvalue weighted by molar-refractivity contribution is 0.109. The Balaban J connectivity index is 2.18. The minimum atomic E-state index is -0.316. The summed E-state index contributed by atoms with van der Waals surface area (Å²) in [5.41, 5.74) is 0. The van der Waals surface area contributed by atoms with E-state index in [1.54, 1.807) is 12.1 Å². The molecule has 4 heteroatoms. The van der Waals surface area contributed by atoms with Crippen molar-refractivity contribution >= 4 is 12.2 Å². The molecule has 2 rings (SSSR count).